The number of halogens is 1. The van der Waals surface area contributed by atoms with Crippen molar-refractivity contribution in [2.45, 2.75) is 31.5 Å². The monoisotopic (exact) mass is 298 g/mol. The summed E-state index contributed by atoms with van der Waals surface area (Å²) in [4.78, 5) is 4.38. The van der Waals surface area contributed by atoms with Crippen LogP contribution in [0.25, 0.3) is 0 Å². The van der Waals surface area contributed by atoms with Gasteiger partial charge in [0, 0.05) is 37.8 Å². The van der Waals surface area contributed by atoms with Crippen molar-refractivity contribution in [2.24, 2.45) is 10.4 Å². The Labute approximate surface area is 109 Å². The van der Waals surface area contributed by atoms with E-state index in [9.17, 15) is 5.26 Å². The number of allylic oxidation sites excluding steroid dienone is 2. The number of hydrogen-bond acceptors (Lipinski definition) is 4. The molecular formula is C12H15BrN2O2. The Hall–Kier alpha value is -0.700. The average Bonchev–Trinajstić information content (AvgIpc) is 2.32. The van der Waals surface area contributed by atoms with E-state index in [1.54, 1.807) is 14.2 Å². The van der Waals surface area contributed by atoms with Crippen LogP contribution in [0.1, 0.15) is 25.7 Å². The second-order valence-corrected chi connectivity index (χ2v) is 5.43. The summed E-state index contributed by atoms with van der Waals surface area (Å²) in [5.74, 6) is -0.622. The van der Waals surface area contributed by atoms with Gasteiger partial charge in [-0.15, -0.1) is 0 Å². The van der Waals surface area contributed by atoms with Gasteiger partial charge in [-0.2, -0.15) is 5.26 Å². The number of nitriles is 1. The van der Waals surface area contributed by atoms with E-state index in [2.05, 4.69) is 27.0 Å². The van der Waals surface area contributed by atoms with Gasteiger partial charge in [0.15, 0.2) is 5.79 Å². The highest BCUT2D eigenvalue weighted by molar-refractivity contribution is 9.11. The number of ether oxygens (including phenoxy) is 2. The van der Waals surface area contributed by atoms with Gasteiger partial charge >= 0.3 is 0 Å². The van der Waals surface area contributed by atoms with Crippen molar-refractivity contribution < 1.29 is 9.47 Å². The van der Waals surface area contributed by atoms with Gasteiger partial charge in [-0.3, -0.25) is 4.99 Å². The standard InChI is InChI=1S/C12H15BrN2O2/c1-16-12(17-2)6-11(7-12,8-14)10-9(13)4-3-5-15-10/h5H,3-4,6-7H2,1-2H3. The highest BCUT2D eigenvalue weighted by Gasteiger charge is 2.59. The summed E-state index contributed by atoms with van der Waals surface area (Å²) in [5, 5.41) is 9.44. The maximum atomic E-state index is 9.44. The Balaban J connectivity index is 2.26. The number of methoxy groups -OCH3 is 2. The van der Waals surface area contributed by atoms with Crippen LogP contribution in [0.4, 0.5) is 0 Å². The normalized spacial score (nSPS) is 25.3. The molecule has 1 saturated carbocycles. The van der Waals surface area contributed by atoms with E-state index in [-0.39, 0.29) is 0 Å². The lowest BCUT2D eigenvalue weighted by atomic mass is 9.63. The third-order valence-corrected chi connectivity index (χ3v) is 4.30. The highest BCUT2D eigenvalue weighted by Crippen LogP contribution is 2.56. The minimum absolute atomic E-state index is 0.533. The Morgan fingerprint density at radius 1 is 1.41 bits per heavy atom. The Kier molecular flexibility index (Phi) is 3.39. The summed E-state index contributed by atoms with van der Waals surface area (Å²) in [5.41, 5.74) is 0.276. The molecule has 0 N–H and O–H groups in total. The third kappa shape index (κ3) is 1.95. The van der Waals surface area contributed by atoms with Crippen molar-refractivity contribution in [3.8, 4) is 6.07 Å². The van der Waals surface area contributed by atoms with E-state index in [1.165, 1.54) is 0 Å². The molecule has 0 atom stereocenters. The molecule has 1 heterocycles. The van der Waals surface area contributed by atoms with Crippen molar-refractivity contribution in [1.29, 1.82) is 5.26 Å². The van der Waals surface area contributed by atoms with Crippen molar-refractivity contribution in [3.63, 3.8) is 0 Å². The zero-order valence-corrected chi connectivity index (χ0v) is 11.6. The van der Waals surface area contributed by atoms with Crippen LogP contribution >= 0.6 is 15.9 Å². The number of rotatable bonds is 3. The van der Waals surface area contributed by atoms with Gasteiger partial charge < -0.3 is 9.47 Å². The first-order valence-corrected chi connectivity index (χ1v) is 6.34. The molecule has 4 nitrogen and oxygen atoms in total. The Morgan fingerprint density at radius 2 is 2.06 bits per heavy atom. The van der Waals surface area contributed by atoms with E-state index in [1.807, 2.05) is 6.21 Å². The van der Waals surface area contributed by atoms with Gasteiger partial charge in [0.25, 0.3) is 0 Å². The van der Waals surface area contributed by atoms with E-state index >= 15 is 0 Å². The van der Waals surface area contributed by atoms with Crippen LogP contribution in [0.15, 0.2) is 15.2 Å². The first-order valence-electron chi connectivity index (χ1n) is 5.55. The third-order valence-electron chi connectivity index (χ3n) is 3.52. The van der Waals surface area contributed by atoms with Gasteiger partial charge in [-0.05, 0) is 12.8 Å². The molecule has 0 aromatic heterocycles. The van der Waals surface area contributed by atoms with Crippen molar-refractivity contribution >= 4 is 22.1 Å². The van der Waals surface area contributed by atoms with Crippen LogP contribution in [0.2, 0.25) is 0 Å². The second kappa shape index (κ2) is 4.52. The second-order valence-electron chi connectivity index (χ2n) is 4.47. The largest absolute Gasteiger partial charge is 0.353 e. The lowest BCUT2D eigenvalue weighted by Crippen LogP contribution is -2.54. The molecule has 0 aromatic carbocycles. The molecule has 0 aromatic rings. The molecule has 0 unspecified atom stereocenters. The molecule has 1 aliphatic heterocycles. The fraction of sp³-hybridized carbons (Fsp3) is 0.667. The topological polar surface area (TPSA) is 54.6 Å². The summed E-state index contributed by atoms with van der Waals surface area (Å²) in [7, 11) is 3.22. The molecule has 0 saturated heterocycles. The predicted molar refractivity (Wildman–Crippen MR) is 67.7 cm³/mol. The fourth-order valence-corrected chi connectivity index (χ4v) is 3.17. The predicted octanol–water partition coefficient (Wildman–Crippen LogP) is 2.75. The molecule has 2 aliphatic rings. The minimum Gasteiger partial charge on any atom is -0.353 e. The van der Waals surface area contributed by atoms with Gasteiger partial charge in [-0.25, -0.2) is 0 Å². The van der Waals surface area contributed by atoms with E-state index in [0.29, 0.717) is 12.8 Å². The maximum absolute atomic E-state index is 9.44. The Bertz CT molecular complexity index is 411. The molecule has 2 rings (SSSR count). The van der Waals surface area contributed by atoms with Gasteiger partial charge in [-0.1, -0.05) is 15.9 Å². The molecule has 17 heavy (non-hydrogen) atoms. The molecule has 0 bridgehead atoms. The van der Waals surface area contributed by atoms with Crippen LogP contribution in [-0.2, 0) is 9.47 Å². The zero-order chi connectivity index (χ0) is 12.5. The lowest BCUT2D eigenvalue weighted by Gasteiger charge is -2.50. The molecule has 0 amide bonds. The maximum Gasteiger partial charge on any atom is 0.171 e. The summed E-state index contributed by atoms with van der Waals surface area (Å²) in [6.07, 6.45) is 4.77. The van der Waals surface area contributed by atoms with Crippen LogP contribution in [0.3, 0.4) is 0 Å². The van der Waals surface area contributed by atoms with E-state index < -0.39 is 11.2 Å². The first-order chi connectivity index (χ1) is 8.11. The Morgan fingerprint density at radius 3 is 2.53 bits per heavy atom. The lowest BCUT2D eigenvalue weighted by molar-refractivity contribution is -0.278. The number of aliphatic imine (C=N–C) groups is 1. The summed E-state index contributed by atoms with van der Waals surface area (Å²) in [6, 6.07) is 2.38. The van der Waals surface area contributed by atoms with E-state index in [0.717, 1.165) is 23.0 Å². The highest BCUT2D eigenvalue weighted by atomic mass is 79.9. The minimum atomic E-state index is -0.622. The number of hydrogen-bond donors (Lipinski definition) is 0. The van der Waals surface area contributed by atoms with Gasteiger partial charge in [0.1, 0.15) is 5.41 Å². The SMILES string of the molecule is COC1(OC)CC(C#N)(C2=C(Br)CCC=N2)C1. The first kappa shape index (κ1) is 12.7. The summed E-state index contributed by atoms with van der Waals surface area (Å²) >= 11 is 3.52. The molecular weight excluding hydrogens is 284 g/mol. The number of nitrogens with zero attached hydrogens (tertiary/aromatic N) is 2. The van der Waals surface area contributed by atoms with Crippen LogP contribution in [0.5, 0.6) is 0 Å². The molecule has 5 heteroatoms. The fourth-order valence-electron chi connectivity index (χ4n) is 2.46. The van der Waals surface area contributed by atoms with Gasteiger partial charge in [0.05, 0.1) is 11.8 Å². The smallest absolute Gasteiger partial charge is 0.171 e. The van der Waals surface area contributed by atoms with Crippen LogP contribution < -0.4 is 0 Å². The molecule has 0 spiro atoms. The van der Waals surface area contributed by atoms with Crippen molar-refractivity contribution in [2.75, 3.05) is 14.2 Å². The van der Waals surface area contributed by atoms with Crippen molar-refractivity contribution in [3.05, 3.63) is 10.2 Å². The van der Waals surface area contributed by atoms with E-state index in [4.69, 9.17) is 9.47 Å². The van der Waals surface area contributed by atoms with Crippen LogP contribution in [-0.4, -0.2) is 26.2 Å². The van der Waals surface area contributed by atoms with Crippen molar-refractivity contribution in [1.82, 2.24) is 0 Å². The molecule has 0 radical (unpaired) electrons. The molecule has 1 aliphatic carbocycles. The molecule has 1 fully saturated rings. The molecule has 92 valence electrons. The zero-order valence-electron chi connectivity index (χ0n) is 9.99. The summed E-state index contributed by atoms with van der Waals surface area (Å²) < 4.78 is 11.7. The average molecular weight is 299 g/mol. The van der Waals surface area contributed by atoms with Gasteiger partial charge in [0.2, 0.25) is 0 Å². The quantitative estimate of drug-likeness (QED) is 0.753. The van der Waals surface area contributed by atoms with Crippen LogP contribution in [0, 0.1) is 16.7 Å². The summed E-state index contributed by atoms with van der Waals surface area (Å²) in [6.45, 7) is 0.